The summed E-state index contributed by atoms with van der Waals surface area (Å²) in [6, 6.07) is 13.6. The molecule has 4 rings (SSSR count). The number of para-hydroxylation sites is 1. The molecule has 1 fully saturated rings. The summed E-state index contributed by atoms with van der Waals surface area (Å²) in [5.74, 6) is 0. The molecule has 2 heterocycles. The standard InChI is InChI=1S/C20H21BN2O3/c1-19(2)20(3,4)26-21(25-19)17-10-9-16(11-15(17)13-24)23-18-8-6-5-7-14(18)12-22-23/h5-13H,1-4H3. The van der Waals surface area contributed by atoms with Crippen molar-refractivity contribution in [2.75, 3.05) is 0 Å². The Hall–Kier alpha value is -2.44. The van der Waals surface area contributed by atoms with E-state index in [9.17, 15) is 4.79 Å². The highest BCUT2D eigenvalue weighted by Gasteiger charge is 2.52. The lowest BCUT2D eigenvalue weighted by molar-refractivity contribution is 0.00578. The van der Waals surface area contributed by atoms with E-state index in [0.29, 0.717) is 5.56 Å². The highest BCUT2D eigenvalue weighted by atomic mass is 16.7. The highest BCUT2D eigenvalue weighted by Crippen LogP contribution is 2.36. The van der Waals surface area contributed by atoms with Gasteiger partial charge >= 0.3 is 7.12 Å². The molecule has 0 radical (unpaired) electrons. The SMILES string of the molecule is CC1(C)OB(c2ccc(-n3ncc4ccccc43)cc2C=O)OC1(C)C. The number of carbonyl (C=O) groups is 1. The Balaban J connectivity index is 1.75. The van der Waals surface area contributed by atoms with Crippen molar-refractivity contribution in [2.24, 2.45) is 0 Å². The van der Waals surface area contributed by atoms with Crippen molar-refractivity contribution in [2.45, 2.75) is 38.9 Å². The molecule has 0 atom stereocenters. The van der Waals surface area contributed by atoms with Gasteiger partial charge in [-0.05, 0) is 51.4 Å². The maximum Gasteiger partial charge on any atom is 0.495 e. The summed E-state index contributed by atoms with van der Waals surface area (Å²) in [6.07, 6.45) is 2.66. The van der Waals surface area contributed by atoms with Gasteiger partial charge in [-0.25, -0.2) is 4.68 Å². The minimum atomic E-state index is -0.566. The molecule has 1 aromatic heterocycles. The normalized spacial score (nSPS) is 18.4. The molecule has 0 amide bonds. The number of aromatic nitrogens is 2. The van der Waals surface area contributed by atoms with Crippen LogP contribution in [-0.4, -0.2) is 34.4 Å². The van der Waals surface area contributed by atoms with Crippen molar-refractivity contribution in [3.05, 3.63) is 54.2 Å². The lowest BCUT2D eigenvalue weighted by atomic mass is 9.76. The largest absolute Gasteiger partial charge is 0.495 e. The number of fused-ring (bicyclic) bond motifs is 1. The lowest BCUT2D eigenvalue weighted by Crippen LogP contribution is -2.41. The van der Waals surface area contributed by atoms with Gasteiger partial charge in [0.1, 0.15) is 6.29 Å². The minimum absolute atomic E-state index is 0.450. The van der Waals surface area contributed by atoms with E-state index < -0.39 is 18.3 Å². The maximum absolute atomic E-state index is 11.8. The van der Waals surface area contributed by atoms with Gasteiger partial charge in [0.05, 0.1) is 28.6 Å². The first-order valence-corrected chi connectivity index (χ1v) is 8.70. The predicted octanol–water partition coefficient (Wildman–Crippen LogP) is 3.14. The van der Waals surface area contributed by atoms with Gasteiger partial charge in [0.25, 0.3) is 0 Å². The van der Waals surface area contributed by atoms with Gasteiger partial charge in [0.15, 0.2) is 0 Å². The van der Waals surface area contributed by atoms with Crippen LogP contribution in [0.3, 0.4) is 0 Å². The van der Waals surface area contributed by atoms with Crippen molar-refractivity contribution >= 4 is 29.8 Å². The average molecular weight is 348 g/mol. The molecule has 1 aliphatic rings. The molecule has 3 aromatic rings. The van der Waals surface area contributed by atoms with Gasteiger partial charge in [-0.3, -0.25) is 4.79 Å². The summed E-state index contributed by atoms with van der Waals surface area (Å²) in [6.45, 7) is 7.99. The van der Waals surface area contributed by atoms with E-state index in [2.05, 4.69) is 5.10 Å². The van der Waals surface area contributed by atoms with Crippen LogP contribution in [0.4, 0.5) is 0 Å². The Bertz CT molecular complexity index is 978. The number of carbonyl (C=O) groups excluding carboxylic acids is 1. The van der Waals surface area contributed by atoms with Crippen LogP contribution < -0.4 is 5.46 Å². The first-order valence-electron chi connectivity index (χ1n) is 8.70. The Kier molecular flexibility index (Phi) is 3.79. The zero-order chi connectivity index (χ0) is 18.5. The fourth-order valence-electron chi connectivity index (χ4n) is 3.16. The third-order valence-electron chi connectivity index (χ3n) is 5.43. The van der Waals surface area contributed by atoms with Gasteiger partial charge < -0.3 is 9.31 Å². The fourth-order valence-corrected chi connectivity index (χ4v) is 3.16. The average Bonchev–Trinajstić information content (AvgIpc) is 3.12. The van der Waals surface area contributed by atoms with Crippen molar-refractivity contribution in [3.8, 4) is 5.69 Å². The van der Waals surface area contributed by atoms with Crippen LogP contribution in [0.25, 0.3) is 16.6 Å². The van der Waals surface area contributed by atoms with Gasteiger partial charge in [-0.1, -0.05) is 24.3 Å². The summed E-state index contributed by atoms with van der Waals surface area (Å²) in [4.78, 5) is 11.8. The van der Waals surface area contributed by atoms with E-state index in [-0.39, 0.29) is 0 Å². The Morgan fingerprint density at radius 2 is 1.73 bits per heavy atom. The van der Waals surface area contributed by atoms with Gasteiger partial charge in [0.2, 0.25) is 0 Å². The molecule has 0 unspecified atom stereocenters. The zero-order valence-corrected chi connectivity index (χ0v) is 15.4. The Morgan fingerprint density at radius 1 is 1.04 bits per heavy atom. The molecule has 26 heavy (non-hydrogen) atoms. The summed E-state index contributed by atoms with van der Waals surface area (Å²) < 4.78 is 14.0. The zero-order valence-electron chi connectivity index (χ0n) is 15.4. The number of rotatable bonds is 3. The number of aldehydes is 1. The monoisotopic (exact) mass is 348 g/mol. The van der Waals surface area contributed by atoms with Crippen molar-refractivity contribution in [1.82, 2.24) is 9.78 Å². The summed E-state index contributed by atoms with van der Waals surface area (Å²) in [5, 5.41) is 5.50. The van der Waals surface area contributed by atoms with Crippen LogP contribution in [0.2, 0.25) is 0 Å². The summed E-state index contributed by atoms with van der Waals surface area (Å²) >= 11 is 0. The van der Waals surface area contributed by atoms with Crippen LogP contribution in [0, 0.1) is 0 Å². The fraction of sp³-hybridized carbons (Fsp3) is 0.300. The quantitative estimate of drug-likeness (QED) is 0.539. The Labute approximate surface area is 153 Å². The van der Waals surface area contributed by atoms with Crippen molar-refractivity contribution in [1.29, 1.82) is 0 Å². The van der Waals surface area contributed by atoms with Crippen LogP contribution in [-0.2, 0) is 9.31 Å². The van der Waals surface area contributed by atoms with Gasteiger partial charge in [-0.15, -0.1) is 0 Å². The van der Waals surface area contributed by atoms with Crippen LogP contribution in [0.15, 0.2) is 48.7 Å². The van der Waals surface area contributed by atoms with Crippen molar-refractivity contribution < 1.29 is 14.1 Å². The molecule has 132 valence electrons. The third-order valence-corrected chi connectivity index (χ3v) is 5.43. The number of nitrogens with zero attached hydrogens (tertiary/aromatic N) is 2. The van der Waals surface area contributed by atoms with Crippen molar-refractivity contribution in [3.63, 3.8) is 0 Å². The van der Waals surface area contributed by atoms with Crippen LogP contribution in [0.1, 0.15) is 38.1 Å². The molecule has 0 saturated carbocycles. The van der Waals surface area contributed by atoms with E-state index in [1.165, 1.54) is 0 Å². The van der Waals surface area contributed by atoms with E-state index in [4.69, 9.17) is 9.31 Å². The number of benzene rings is 2. The second-order valence-corrected chi connectivity index (χ2v) is 7.63. The molecule has 1 aliphatic heterocycles. The topological polar surface area (TPSA) is 53.4 Å². The summed E-state index contributed by atoms with van der Waals surface area (Å²) in [5.41, 5.74) is 2.20. The second kappa shape index (κ2) is 5.79. The van der Waals surface area contributed by atoms with E-state index >= 15 is 0 Å². The molecule has 1 saturated heterocycles. The number of hydrogen-bond donors (Lipinski definition) is 0. The highest BCUT2D eigenvalue weighted by molar-refractivity contribution is 6.63. The minimum Gasteiger partial charge on any atom is -0.399 e. The van der Waals surface area contributed by atoms with Crippen LogP contribution >= 0.6 is 0 Å². The first-order chi connectivity index (χ1) is 12.3. The molecule has 5 nitrogen and oxygen atoms in total. The lowest BCUT2D eigenvalue weighted by Gasteiger charge is -2.32. The first kappa shape index (κ1) is 17.0. The third kappa shape index (κ3) is 2.57. The van der Waals surface area contributed by atoms with E-state index in [0.717, 1.165) is 28.3 Å². The molecule has 0 N–H and O–H groups in total. The predicted molar refractivity (Wildman–Crippen MR) is 102 cm³/mol. The second-order valence-electron chi connectivity index (χ2n) is 7.63. The molecule has 6 heteroatoms. The smallest absolute Gasteiger partial charge is 0.399 e. The molecule has 2 aromatic carbocycles. The molecular formula is C20H21BN2O3. The number of hydrogen-bond acceptors (Lipinski definition) is 4. The maximum atomic E-state index is 11.8. The van der Waals surface area contributed by atoms with Gasteiger partial charge in [-0.2, -0.15) is 5.10 Å². The molecular weight excluding hydrogens is 327 g/mol. The van der Waals surface area contributed by atoms with Crippen LogP contribution in [0.5, 0.6) is 0 Å². The van der Waals surface area contributed by atoms with E-state index in [1.807, 2.05) is 81.0 Å². The van der Waals surface area contributed by atoms with E-state index in [1.54, 1.807) is 0 Å². The van der Waals surface area contributed by atoms with Gasteiger partial charge in [0, 0.05) is 10.9 Å². The molecule has 0 spiro atoms. The summed E-state index contributed by atoms with van der Waals surface area (Å²) in [7, 11) is -0.566. The Morgan fingerprint density at radius 3 is 2.42 bits per heavy atom. The molecule has 0 bridgehead atoms. The molecule has 0 aliphatic carbocycles.